The average molecular weight is 623 g/mol. The van der Waals surface area contributed by atoms with E-state index in [9.17, 15) is 22.0 Å². The van der Waals surface area contributed by atoms with E-state index >= 15 is 8.78 Å². The van der Waals surface area contributed by atoms with Crippen molar-refractivity contribution in [1.29, 1.82) is 0 Å². The van der Waals surface area contributed by atoms with Crippen LogP contribution in [0.1, 0.15) is 94.1 Å². The van der Waals surface area contributed by atoms with Crippen LogP contribution in [0.3, 0.4) is 0 Å². The Bertz CT molecular complexity index is 1400. The lowest BCUT2D eigenvalue weighted by atomic mass is 9.77. The molecule has 238 valence electrons. The van der Waals surface area contributed by atoms with Gasteiger partial charge in [0.15, 0.2) is 17.5 Å². The van der Waals surface area contributed by atoms with Crippen LogP contribution in [0.25, 0.3) is 11.1 Å². The van der Waals surface area contributed by atoms with Crippen molar-refractivity contribution in [2.75, 3.05) is 6.61 Å². The minimum absolute atomic E-state index is 0.0200. The minimum Gasteiger partial charge on any atom is -0.432 e. The van der Waals surface area contributed by atoms with Crippen molar-refractivity contribution in [3.63, 3.8) is 0 Å². The molecule has 0 unspecified atom stereocenters. The number of ether oxygens (including phenoxy) is 2. The molecule has 0 aromatic heterocycles. The van der Waals surface area contributed by atoms with Gasteiger partial charge in [-0.25, -0.2) is 22.0 Å². The van der Waals surface area contributed by atoms with Gasteiger partial charge in [0, 0.05) is 24.3 Å². The molecule has 2 nitrogen and oxygen atoms in total. The molecular weight excluding hydrogens is 585 g/mol. The topological polar surface area (TPSA) is 18.5 Å². The largest absolute Gasteiger partial charge is 0.432 e. The van der Waals surface area contributed by atoms with Gasteiger partial charge in [0.2, 0.25) is 0 Å². The first kappa shape index (κ1) is 32.3. The second-order valence-electron chi connectivity index (χ2n) is 12.1. The Morgan fingerprint density at radius 1 is 0.705 bits per heavy atom. The molecule has 2 aliphatic carbocycles. The molecule has 0 heterocycles. The Morgan fingerprint density at radius 2 is 1.36 bits per heavy atom. The van der Waals surface area contributed by atoms with Crippen molar-refractivity contribution < 1.29 is 40.2 Å². The van der Waals surface area contributed by atoms with Crippen molar-refractivity contribution in [3.8, 4) is 16.9 Å². The van der Waals surface area contributed by atoms with Crippen LogP contribution >= 0.6 is 0 Å². The van der Waals surface area contributed by atoms with E-state index in [-0.39, 0.29) is 43.6 Å². The molecule has 0 spiro atoms. The second-order valence-corrected chi connectivity index (χ2v) is 12.1. The van der Waals surface area contributed by atoms with Gasteiger partial charge < -0.3 is 9.47 Å². The summed E-state index contributed by atoms with van der Waals surface area (Å²) in [5.74, 6) is -8.12. The Morgan fingerprint density at radius 3 is 1.98 bits per heavy atom. The lowest BCUT2D eigenvalue weighted by Gasteiger charge is -2.33. The Kier molecular flexibility index (Phi) is 10.2. The maximum Gasteiger partial charge on any atom is 0.400 e. The predicted molar refractivity (Wildman–Crippen MR) is 154 cm³/mol. The van der Waals surface area contributed by atoms with Crippen molar-refractivity contribution in [3.05, 3.63) is 88.7 Å². The highest BCUT2D eigenvalue weighted by molar-refractivity contribution is 5.65. The molecule has 0 N–H and O–H groups in total. The van der Waals surface area contributed by atoms with Gasteiger partial charge in [-0.15, -0.1) is 0 Å². The first-order valence-electron chi connectivity index (χ1n) is 15.5. The van der Waals surface area contributed by atoms with Crippen LogP contribution < -0.4 is 4.74 Å². The quantitative estimate of drug-likeness (QED) is 0.127. The Labute approximate surface area is 253 Å². The molecular formula is C35H37F7O2. The summed E-state index contributed by atoms with van der Waals surface area (Å²) in [6.45, 7) is 2.91. The molecule has 2 fully saturated rings. The third kappa shape index (κ3) is 7.41. The average Bonchev–Trinajstić information content (AvgIpc) is 3.00. The fraction of sp³-hybridized carbons (Fsp3) is 0.486. The van der Waals surface area contributed by atoms with Crippen LogP contribution in [0.5, 0.6) is 5.75 Å². The maximum absolute atomic E-state index is 15.3. The second kappa shape index (κ2) is 13.9. The van der Waals surface area contributed by atoms with E-state index in [1.54, 1.807) is 24.3 Å². The first-order valence-corrected chi connectivity index (χ1v) is 15.5. The number of alkyl halides is 2. The number of rotatable bonds is 10. The van der Waals surface area contributed by atoms with E-state index in [2.05, 4.69) is 11.7 Å². The van der Waals surface area contributed by atoms with Gasteiger partial charge in [-0.2, -0.15) is 8.78 Å². The Balaban J connectivity index is 1.18. The maximum atomic E-state index is 15.3. The zero-order chi connectivity index (χ0) is 31.4. The summed E-state index contributed by atoms with van der Waals surface area (Å²) < 4.78 is 111. The molecule has 0 saturated heterocycles. The summed E-state index contributed by atoms with van der Waals surface area (Å²) in [6.07, 6.45) is 2.86. The fourth-order valence-corrected chi connectivity index (χ4v) is 6.57. The highest BCUT2D eigenvalue weighted by atomic mass is 19.3. The molecule has 0 aliphatic heterocycles. The molecule has 2 saturated carbocycles. The summed E-state index contributed by atoms with van der Waals surface area (Å²) in [4.78, 5) is 0. The van der Waals surface area contributed by atoms with Crippen molar-refractivity contribution in [1.82, 2.24) is 0 Å². The molecule has 0 atom stereocenters. The van der Waals surface area contributed by atoms with Gasteiger partial charge in [0.25, 0.3) is 0 Å². The van der Waals surface area contributed by atoms with Gasteiger partial charge in [-0.1, -0.05) is 37.6 Å². The highest BCUT2D eigenvalue weighted by Gasteiger charge is 2.44. The molecule has 5 rings (SSSR count). The van der Waals surface area contributed by atoms with Crippen LogP contribution in [0.2, 0.25) is 0 Å². The summed E-state index contributed by atoms with van der Waals surface area (Å²) in [5, 5.41) is 0. The molecule has 2 aliphatic rings. The molecule has 0 amide bonds. The summed E-state index contributed by atoms with van der Waals surface area (Å²) >= 11 is 0. The van der Waals surface area contributed by atoms with Crippen molar-refractivity contribution in [2.24, 2.45) is 5.92 Å². The lowest BCUT2D eigenvalue weighted by Crippen LogP contribution is -2.37. The third-order valence-electron chi connectivity index (χ3n) is 9.16. The van der Waals surface area contributed by atoms with Gasteiger partial charge in [-0.3, -0.25) is 0 Å². The van der Waals surface area contributed by atoms with Gasteiger partial charge >= 0.3 is 6.11 Å². The van der Waals surface area contributed by atoms with Crippen molar-refractivity contribution in [2.45, 2.75) is 95.2 Å². The number of hydrogen-bond donors (Lipinski definition) is 0. The van der Waals surface area contributed by atoms with Crippen molar-refractivity contribution >= 4 is 0 Å². The van der Waals surface area contributed by atoms with E-state index in [1.807, 2.05) is 6.07 Å². The van der Waals surface area contributed by atoms with E-state index in [4.69, 9.17) is 4.74 Å². The van der Waals surface area contributed by atoms with Crippen LogP contribution in [-0.4, -0.2) is 18.8 Å². The first-order chi connectivity index (χ1) is 21.1. The number of halogens is 7. The summed E-state index contributed by atoms with van der Waals surface area (Å²) in [6, 6.07) is 10.4. The summed E-state index contributed by atoms with van der Waals surface area (Å²) in [7, 11) is 0. The van der Waals surface area contributed by atoms with Gasteiger partial charge in [0.05, 0.1) is 12.0 Å². The number of hydrogen-bond acceptors (Lipinski definition) is 2. The molecule has 3 aromatic rings. The SMILES string of the molecule is CCCCOC1CCC(c2ccc(-c3ccc(C4CCC(C(F)(F)Oc5cc(F)c(F)c(F)c5)CC4)c(F)c3)c(F)c2)CC1. The molecule has 0 radical (unpaired) electrons. The number of benzene rings is 3. The van der Waals surface area contributed by atoms with Crippen LogP contribution in [0.4, 0.5) is 30.7 Å². The molecule has 9 heteroatoms. The molecule has 3 aromatic carbocycles. The van der Waals surface area contributed by atoms with Crippen LogP contribution in [0, 0.1) is 35.0 Å². The van der Waals surface area contributed by atoms with E-state index < -0.39 is 46.9 Å². The fourth-order valence-electron chi connectivity index (χ4n) is 6.57. The normalized spacial score (nSPS) is 22.6. The minimum atomic E-state index is -3.75. The predicted octanol–water partition coefficient (Wildman–Crippen LogP) is 10.8. The lowest BCUT2D eigenvalue weighted by molar-refractivity contribution is -0.222. The zero-order valence-corrected chi connectivity index (χ0v) is 24.7. The standard InChI is InChI=1S/C35H37F7O2/c1-2-3-16-43-26-12-6-21(7-13-26)23-8-14-29(30(36)17-23)24-9-15-28(31(37)18-24)22-4-10-25(11-5-22)35(41,42)44-27-19-32(38)34(40)33(39)20-27/h8-9,14-15,17-22,25-26H,2-7,10-13,16H2,1H3. The highest BCUT2D eigenvalue weighted by Crippen LogP contribution is 2.44. The van der Waals surface area contributed by atoms with Crippen LogP contribution in [0.15, 0.2) is 48.5 Å². The van der Waals surface area contributed by atoms with E-state index in [0.717, 1.165) is 50.7 Å². The third-order valence-corrected chi connectivity index (χ3v) is 9.16. The summed E-state index contributed by atoms with van der Waals surface area (Å²) in [5.41, 5.74) is 2.00. The number of unbranched alkanes of at least 4 members (excludes halogenated alkanes) is 1. The zero-order valence-electron chi connectivity index (χ0n) is 24.7. The van der Waals surface area contributed by atoms with Gasteiger partial charge in [-0.05, 0) is 98.4 Å². The van der Waals surface area contributed by atoms with E-state index in [1.165, 1.54) is 6.07 Å². The van der Waals surface area contributed by atoms with Gasteiger partial charge in [0.1, 0.15) is 17.4 Å². The molecule has 0 bridgehead atoms. The Hall–Kier alpha value is -3.07. The molecule has 44 heavy (non-hydrogen) atoms. The van der Waals surface area contributed by atoms with E-state index in [0.29, 0.717) is 28.8 Å². The smallest absolute Gasteiger partial charge is 0.400 e. The monoisotopic (exact) mass is 622 g/mol. The van der Waals surface area contributed by atoms with Crippen LogP contribution in [-0.2, 0) is 4.74 Å².